The van der Waals surface area contributed by atoms with Crippen molar-refractivity contribution in [1.82, 2.24) is 5.32 Å². The standard InChI is InChI=1S/C8H15NO5/c1-3-6(11)5(9-4(2)10)7(12)8(13)14-3/h3,5-8,11-13H,1-2H3,(H,9,10)/t3-,5+,6-,7-,8-/m0/s1. The van der Waals surface area contributed by atoms with E-state index in [-0.39, 0.29) is 5.91 Å². The molecule has 82 valence electrons. The van der Waals surface area contributed by atoms with Crippen molar-refractivity contribution in [2.45, 2.75) is 44.5 Å². The Morgan fingerprint density at radius 3 is 2.36 bits per heavy atom. The summed E-state index contributed by atoms with van der Waals surface area (Å²) in [7, 11) is 0. The van der Waals surface area contributed by atoms with Crippen LogP contribution in [0.4, 0.5) is 0 Å². The summed E-state index contributed by atoms with van der Waals surface area (Å²) in [4.78, 5) is 10.8. The zero-order valence-corrected chi connectivity index (χ0v) is 8.04. The lowest BCUT2D eigenvalue weighted by molar-refractivity contribution is -0.251. The van der Waals surface area contributed by atoms with E-state index < -0.39 is 30.6 Å². The minimum Gasteiger partial charge on any atom is -0.388 e. The van der Waals surface area contributed by atoms with Crippen molar-refractivity contribution < 1.29 is 24.9 Å². The Bertz CT molecular complexity index is 208. The van der Waals surface area contributed by atoms with Gasteiger partial charge in [-0.1, -0.05) is 0 Å². The largest absolute Gasteiger partial charge is 0.388 e. The van der Waals surface area contributed by atoms with Crippen LogP contribution < -0.4 is 5.32 Å². The number of carbonyl (C=O) groups excluding carboxylic acids is 1. The molecule has 14 heavy (non-hydrogen) atoms. The van der Waals surface area contributed by atoms with Crippen LogP contribution in [0.2, 0.25) is 0 Å². The molecule has 1 aliphatic rings. The molecule has 1 heterocycles. The summed E-state index contributed by atoms with van der Waals surface area (Å²) in [5, 5.41) is 30.6. The van der Waals surface area contributed by atoms with E-state index in [2.05, 4.69) is 5.32 Å². The van der Waals surface area contributed by atoms with Gasteiger partial charge < -0.3 is 25.4 Å². The molecule has 0 aromatic rings. The van der Waals surface area contributed by atoms with Crippen LogP contribution >= 0.6 is 0 Å². The molecule has 0 saturated carbocycles. The smallest absolute Gasteiger partial charge is 0.217 e. The van der Waals surface area contributed by atoms with Gasteiger partial charge in [-0.15, -0.1) is 0 Å². The number of nitrogens with one attached hydrogen (secondary N) is 1. The quantitative estimate of drug-likeness (QED) is 0.395. The maximum Gasteiger partial charge on any atom is 0.217 e. The molecule has 1 amide bonds. The van der Waals surface area contributed by atoms with Gasteiger partial charge in [0.25, 0.3) is 0 Å². The molecule has 0 radical (unpaired) electrons. The highest BCUT2D eigenvalue weighted by molar-refractivity contribution is 5.73. The monoisotopic (exact) mass is 205 g/mol. The van der Waals surface area contributed by atoms with Gasteiger partial charge in [0.1, 0.15) is 12.2 Å². The number of ether oxygens (including phenoxy) is 1. The Hall–Kier alpha value is -0.690. The molecule has 0 spiro atoms. The highest BCUT2D eigenvalue weighted by Crippen LogP contribution is 2.19. The van der Waals surface area contributed by atoms with Crippen LogP contribution in [0.15, 0.2) is 0 Å². The second-order valence-electron chi connectivity index (χ2n) is 3.44. The summed E-state index contributed by atoms with van der Waals surface area (Å²) in [6.07, 6.45) is -4.36. The minimum atomic E-state index is -1.38. The second-order valence-corrected chi connectivity index (χ2v) is 3.44. The summed E-state index contributed by atoms with van der Waals surface area (Å²) >= 11 is 0. The van der Waals surface area contributed by atoms with E-state index in [1.54, 1.807) is 6.92 Å². The number of hydrogen-bond donors (Lipinski definition) is 4. The molecule has 0 bridgehead atoms. The summed E-state index contributed by atoms with van der Waals surface area (Å²) in [5.41, 5.74) is 0. The molecule has 1 saturated heterocycles. The van der Waals surface area contributed by atoms with Crippen LogP contribution in [-0.4, -0.2) is 51.9 Å². The van der Waals surface area contributed by atoms with E-state index in [1.807, 2.05) is 0 Å². The summed E-state index contributed by atoms with van der Waals surface area (Å²) < 4.78 is 4.83. The lowest BCUT2D eigenvalue weighted by Crippen LogP contribution is -2.62. The first-order valence-corrected chi connectivity index (χ1v) is 4.40. The zero-order valence-electron chi connectivity index (χ0n) is 8.04. The van der Waals surface area contributed by atoms with E-state index in [0.29, 0.717) is 0 Å². The van der Waals surface area contributed by atoms with Crippen molar-refractivity contribution in [2.24, 2.45) is 0 Å². The van der Waals surface area contributed by atoms with Crippen molar-refractivity contribution >= 4 is 5.91 Å². The average Bonchev–Trinajstić information content (AvgIpc) is 2.09. The molecule has 5 atom stereocenters. The maximum atomic E-state index is 10.8. The topological polar surface area (TPSA) is 99.0 Å². The number of aliphatic hydroxyl groups is 3. The van der Waals surface area contributed by atoms with Crippen molar-refractivity contribution in [3.05, 3.63) is 0 Å². The van der Waals surface area contributed by atoms with Gasteiger partial charge in [-0.2, -0.15) is 0 Å². The predicted molar refractivity (Wildman–Crippen MR) is 46.2 cm³/mol. The van der Waals surface area contributed by atoms with Crippen molar-refractivity contribution in [3.8, 4) is 0 Å². The van der Waals surface area contributed by atoms with E-state index in [1.165, 1.54) is 6.92 Å². The van der Waals surface area contributed by atoms with Crippen LogP contribution in [0.5, 0.6) is 0 Å². The molecule has 6 heteroatoms. The van der Waals surface area contributed by atoms with Crippen molar-refractivity contribution in [3.63, 3.8) is 0 Å². The fourth-order valence-corrected chi connectivity index (χ4v) is 1.46. The van der Waals surface area contributed by atoms with Gasteiger partial charge in [0, 0.05) is 6.92 Å². The van der Waals surface area contributed by atoms with Crippen LogP contribution in [0.25, 0.3) is 0 Å². The first-order chi connectivity index (χ1) is 6.43. The third kappa shape index (κ3) is 2.21. The molecule has 1 fully saturated rings. The molecule has 0 aliphatic carbocycles. The van der Waals surface area contributed by atoms with Crippen molar-refractivity contribution in [2.75, 3.05) is 0 Å². The Morgan fingerprint density at radius 2 is 1.86 bits per heavy atom. The molecule has 4 N–H and O–H groups in total. The number of hydrogen-bond acceptors (Lipinski definition) is 5. The Labute approximate surface area is 81.5 Å². The fraction of sp³-hybridized carbons (Fsp3) is 0.875. The summed E-state index contributed by atoms with van der Waals surface area (Å²) in [6, 6.07) is -0.897. The van der Waals surface area contributed by atoms with Crippen LogP contribution in [-0.2, 0) is 9.53 Å². The van der Waals surface area contributed by atoms with E-state index in [4.69, 9.17) is 4.74 Å². The zero-order chi connectivity index (χ0) is 10.9. The lowest BCUT2D eigenvalue weighted by atomic mass is 9.97. The molecule has 1 aliphatic heterocycles. The normalized spacial score (nSPS) is 43.4. The molecule has 0 unspecified atom stereocenters. The Balaban J connectivity index is 2.71. The highest BCUT2D eigenvalue weighted by atomic mass is 16.6. The fourth-order valence-electron chi connectivity index (χ4n) is 1.46. The number of amides is 1. The molecule has 6 nitrogen and oxygen atoms in total. The van der Waals surface area contributed by atoms with E-state index in [0.717, 1.165) is 0 Å². The van der Waals surface area contributed by atoms with Crippen LogP contribution in [0.3, 0.4) is 0 Å². The lowest BCUT2D eigenvalue weighted by Gasteiger charge is -2.39. The van der Waals surface area contributed by atoms with Crippen molar-refractivity contribution in [1.29, 1.82) is 0 Å². The number of carbonyl (C=O) groups is 1. The molecular weight excluding hydrogens is 190 g/mol. The predicted octanol–water partition coefficient (Wildman–Crippen LogP) is -2.05. The van der Waals surface area contributed by atoms with E-state index >= 15 is 0 Å². The minimum absolute atomic E-state index is 0.380. The second kappa shape index (κ2) is 4.22. The van der Waals surface area contributed by atoms with Gasteiger partial charge in [-0.05, 0) is 6.92 Å². The van der Waals surface area contributed by atoms with Crippen LogP contribution in [0.1, 0.15) is 13.8 Å². The number of aliphatic hydroxyl groups excluding tert-OH is 3. The van der Waals surface area contributed by atoms with Gasteiger partial charge in [0.2, 0.25) is 5.91 Å². The molecular formula is C8H15NO5. The molecule has 1 rings (SSSR count). The SMILES string of the molecule is CC(=O)N[C@@H]1[C@@H](O)[C@H](C)O[C@H](O)[C@H]1O. The maximum absolute atomic E-state index is 10.8. The molecule has 0 aromatic heterocycles. The van der Waals surface area contributed by atoms with Gasteiger partial charge in [0.05, 0.1) is 12.1 Å². The summed E-state index contributed by atoms with van der Waals surface area (Å²) in [5.74, 6) is -0.380. The third-order valence-electron chi connectivity index (χ3n) is 2.23. The first-order valence-electron chi connectivity index (χ1n) is 4.40. The molecule has 0 aromatic carbocycles. The van der Waals surface area contributed by atoms with E-state index in [9.17, 15) is 20.1 Å². The van der Waals surface area contributed by atoms with Gasteiger partial charge in [-0.25, -0.2) is 0 Å². The Kier molecular flexibility index (Phi) is 3.43. The third-order valence-corrected chi connectivity index (χ3v) is 2.23. The number of rotatable bonds is 1. The van der Waals surface area contributed by atoms with Gasteiger partial charge in [0.15, 0.2) is 6.29 Å². The van der Waals surface area contributed by atoms with Gasteiger partial charge >= 0.3 is 0 Å². The Morgan fingerprint density at radius 1 is 1.29 bits per heavy atom. The van der Waals surface area contributed by atoms with Gasteiger partial charge in [-0.3, -0.25) is 4.79 Å². The first kappa shape index (κ1) is 11.4. The summed E-state index contributed by atoms with van der Waals surface area (Å²) in [6.45, 7) is 2.82. The van der Waals surface area contributed by atoms with Crippen LogP contribution in [0, 0.1) is 0 Å². The average molecular weight is 205 g/mol. The highest BCUT2D eigenvalue weighted by Gasteiger charge is 2.42.